The summed E-state index contributed by atoms with van der Waals surface area (Å²) in [6.45, 7) is 0.975. The van der Waals surface area contributed by atoms with E-state index in [1.807, 2.05) is 6.07 Å². The molecule has 0 aliphatic carbocycles. The Morgan fingerprint density at radius 3 is 2.64 bits per heavy atom. The number of hydrogen-bond donors (Lipinski definition) is 1. The van der Waals surface area contributed by atoms with Crippen molar-refractivity contribution in [2.45, 2.75) is 6.04 Å². The zero-order valence-electron chi connectivity index (χ0n) is 11.8. The van der Waals surface area contributed by atoms with Crippen molar-refractivity contribution >= 4 is 17.7 Å². The molecule has 2 saturated heterocycles. The summed E-state index contributed by atoms with van der Waals surface area (Å²) in [7, 11) is 0. The Labute approximate surface area is 127 Å². The number of rotatable bonds is 1. The van der Waals surface area contributed by atoms with Crippen LogP contribution in [0, 0.1) is 11.3 Å². The lowest BCUT2D eigenvalue weighted by Crippen LogP contribution is -2.66. The van der Waals surface area contributed by atoms with E-state index in [2.05, 4.69) is 5.32 Å². The van der Waals surface area contributed by atoms with Crippen molar-refractivity contribution < 1.29 is 14.4 Å². The van der Waals surface area contributed by atoms with Crippen molar-refractivity contribution in [2.75, 3.05) is 26.2 Å². The van der Waals surface area contributed by atoms with Gasteiger partial charge in [0.25, 0.3) is 5.91 Å². The minimum absolute atomic E-state index is 0.0267. The van der Waals surface area contributed by atoms with Crippen LogP contribution in [0.25, 0.3) is 0 Å². The molecule has 1 aromatic rings. The lowest BCUT2D eigenvalue weighted by Gasteiger charge is -2.42. The van der Waals surface area contributed by atoms with E-state index in [0.717, 1.165) is 0 Å². The molecule has 2 heterocycles. The van der Waals surface area contributed by atoms with Gasteiger partial charge in [0.15, 0.2) is 0 Å². The Morgan fingerprint density at radius 2 is 1.95 bits per heavy atom. The fourth-order valence-corrected chi connectivity index (χ4v) is 2.74. The lowest BCUT2D eigenvalue weighted by atomic mass is 10.1. The number of carbonyl (C=O) groups is 3. The number of carbonyl (C=O) groups excluding carboxylic acids is 3. The number of benzene rings is 1. The summed E-state index contributed by atoms with van der Waals surface area (Å²) < 4.78 is 0. The molecule has 7 heteroatoms. The molecule has 0 radical (unpaired) electrons. The fraction of sp³-hybridized carbons (Fsp3) is 0.333. The molecule has 1 N–H and O–H groups in total. The molecule has 22 heavy (non-hydrogen) atoms. The summed E-state index contributed by atoms with van der Waals surface area (Å²) in [5.41, 5.74) is 0.952. The van der Waals surface area contributed by atoms with Crippen molar-refractivity contribution in [1.29, 1.82) is 5.26 Å². The molecule has 2 fully saturated rings. The van der Waals surface area contributed by atoms with E-state index in [1.54, 1.807) is 29.2 Å². The third-order valence-electron chi connectivity index (χ3n) is 3.97. The number of nitrogens with one attached hydrogen (secondary N) is 1. The third kappa shape index (κ3) is 2.39. The smallest absolute Gasteiger partial charge is 0.253 e. The number of amides is 3. The molecular weight excluding hydrogens is 284 g/mol. The first-order chi connectivity index (χ1) is 10.6. The first kappa shape index (κ1) is 14.1. The minimum atomic E-state index is -0.614. The van der Waals surface area contributed by atoms with Gasteiger partial charge < -0.3 is 15.1 Å². The van der Waals surface area contributed by atoms with Crippen LogP contribution in [-0.4, -0.2) is 59.7 Å². The number of hydrogen-bond acceptors (Lipinski definition) is 4. The van der Waals surface area contributed by atoms with E-state index in [1.165, 1.54) is 4.90 Å². The number of piperazine rings is 2. The summed E-state index contributed by atoms with van der Waals surface area (Å²) in [6.07, 6.45) is 0. The van der Waals surface area contributed by atoms with Crippen LogP contribution in [0.2, 0.25) is 0 Å². The maximum absolute atomic E-state index is 12.5. The van der Waals surface area contributed by atoms with Crippen LogP contribution in [0.1, 0.15) is 15.9 Å². The van der Waals surface area contributed by atoms with Crippen molar-refractivity contribution in [3.8, 4) is 6.07 Å². The topological polar surface area (TPSA) is 93.5 Å². The summed E-state index contributed by atoms with van der Waals surface area (Å²) in [4.78, 5) is 39.2. The molecule has 0 bridgehead atoms. The summed E-state index contributed by atoms with van der Waals surface area (Å²) in [5.74, 6) is -0.540. The number of fused-ring (bicyclic) bond motifs is 1. The van der Waals surface area contributed by atoms with Gasteiger partial charge in [0, 0.05) is 18.7 Å². The predicted molar refractivity (Wildman–Crippen MR) is 75.6 cm³/mol. The van der Waals surface area contributed by atoms with Gasteiger partial charge >= 0.3 is 0 Å². The van der Waals surface area contributed by atoms with Crippen molar-refractivity contribution in [2.24, 2.45) is 0 Å². The van der Waals surface area contributed by atoms with E-state index < -0.39 is 6.04 Å². The monoisotopic (exact) mass is 298 g/mol. The van der Waals surface area contributed by atoms with Crippen LogP contribution in [-0.2, 0) is 9.59 Å². The quantitative estimate of drug-likeness (QED) is 0.745. The highest BCUT2D eigenvalue weighted by molar-refractivity contribution is 5.98. The van der Waals surface area contributed by atoms with Gasteiger partial charge in [-0.15, -0.1) is 0 Å². The SMILES string of the molecule is N#Cc1ccc(C(=O)N2CCN3C(=O)CNC(=O)[C@H]3C2)cc1. The van der Waals surface area contributed by atoms with Gasteiger partial charge in [-0.2, -0.15) is 5.26 Å². The average molecular weight is 298 g/mol. The van der Waals surface area contributed by atoms with Gasteiger partial charge in [0.05, 0.1) is 24.7 Å². The first-order valence-electron chi connectivity index (χ1n) is 6.97. The Morgan fingerprint density at radius 1 is 1.23 bits per heavy atom. The van der Waals surface area contributed by atoms with Crippen molar-refractivity contribution in [3.05, 3.63) is 35.4 Å². The van der Waals surface area contributed by atoms with Crippen molar-refractivity contribution in [1.82, 2.24) is 15.1 Å². The molecule has 0 saturated carbocycles. The molecule has 1 atom stereocenters. The van der Waals surface area contributed by atoms with Gasteiger partial charge in [-0.3, -0.25) is 14.4 Å². The van der Waals surface area contributed by atoms with E-state index in [9.17, 15) is 14.4 Å². The highest BCUT2D eigenvalue weighted by Gasteiger charge is 2.39. The maximum atomic E-state index is 12.5. The third-order valence-corrected chi connectivity index (χ3v) is 3.97. The fourth-order valence-electron chi connectivity index (χ4n) is 2.74. The molecule has 7 nitrogen and oxygen atoms in total. The maximum Gasteiger partial charge on any atom is 0.253 e. The largest absolute Gasteiger partial charge is 0.345 e. The number of nitriles is 1. The summed E-state index contributed by atoms with van der Waals surface area (Å²) in [6, 6.07) is 7.75. The second-order valence-electron chi connectivity index (χ2n) is 5.26. The predicted octanol–water partition coefficient (Wildman–Crippen LogP) is -0.659. The molecule has 1 aromatic carbocycles. The van der Waals surface area contributed by atoms with Crippen LogP contribution in [0.4, 0.5) is 0 Å². The molecule has 2 aliphatic rings. The van der Waals surface area contributed by atoms with E-state index >= 15 is 0 Å². The highest BCUT2D eigenvalue weighted by Crippen LogP contribution is 2.16. The minimum Gasteiger partial charge on any atom is -0.345 e. The average Bonchev–Trinajstić information content (AvgIpc) is 2.57. The Balaban J connectivity index is 1.75. The molecule has 0 aromatic heterocycles. The molecule has 112 valence electrons. The summed E-state index contributed by atoms with van der Waals surface area (Å²) in [5, 5.41) is 11.3. The molecule has 0 spiro atoms. The van der Waals surface area contributed by atoms with Gasteiger partial charge in [0.1, 0.15) is 6.04 Å². The number of nitrogens with zero attached hydrogens (tertiary/aromatic N) is 3. The second-order valence-corrected chi connectivity index (χ2v) is 5.26. The van der Waals surface area contributed by atoms with E-state index in [-0.39, 0.29) is 30.8 Å². The first-order valence-corrected chi connectivity index (χ1v) is 6.97. The molecule has 2 aliphatic heterocycles. The normalized spacial score (nSPS) is 21.0. The Hall–Kier alpha value is -2.88. The van der Waals surface area contributed by atoms with Gasteiger partial charge in [-0.05, 0) is 24.3 Å². The Kier molecular flexibility index (Phi) is 3.51. The lowest BCUT2D eigenvalue weighted by molar-refractivity contribution is -0.148. The van der Waals surface area contributed by atoms with Gasteiger partial charge in [-0.25, -0.2) is 0 Å². The summed E-state index contributed by atoms with van der Waals surface area (Å²) >= 11 is 0. The zero-order valence-corrected chi connectivity index (χ0v) is 11.8. The molecular formula is C15H14N4O3. The van der Waals surface area contributed by atoms with Gasteiger partial charge in [0.2, 0.25) is 11.8 Å². The van der Waals surface area contributed by atoms with Crippen LogP contribution in [0.15, 0.2) is 24.3 Å². The molecule has 3 amide bonds. The van der Waals surface area contributed by atoms with E-state index in [4.69, 9.17) is 5.26 Å². The van der Waals surface area contributed by atoms with Crippen LogP contribution < -0.4 is 5.32 Å². The van der Waals surface area contributed by atoms with Crippen LogP contribution in [0.3, 0.4) is 0 Å². The van der Waals surface area contributed by atoms with E-state index in [0.29, 0.717) is 24.2 Å². The molecule has 0 unspecified atom stereocenters. The highest BCUT2D eigenvalue weighted by atomic mass is 16.2. The standard InChI is InChI=1S/C15H14N4O3/c16-7-10-1-3-11(4-2-10)15(22)18-5-6-19-12(9-18)14(21)17-8-13(19)20/h1-4,12H,5-6,8-9H2,(H,17,21)/t12-/m1/s1. The van der Waals surface area contributed by atoms with Crippen LogP contribution in [0.5, 0.6) is 0 Å². The Bertz CT molecular complexity index is 677. The van der Waals surface area contributed by atoms with Gasteiger partial charge in [-0.1, -0.05) is 0 Å². The zero-order chi connectivity index (χ0) is 15.7. The van der Waals surface area contributed by atoms with Crippen molar-refractivity contribution in [3.63, 3.8) is 0 Å². The molecule has 3 rings (SSSR count). The van der Waals surface area contributed by atoms with Crippen LogP contribution >= 0.6 is 0 Å². The second kappa shape index (κ2) is 5.48.